The van der Waals surface area contributed by atoms with Gasteiger partial charge in [0.25, 0.3) is 5.92 Å². The fourth-order valence-corrected chi connectivity index (χ4v) is 5.23. The Bertz CT molecular complexity index is 1280. The highest BCUT2D eigenvalue weighted by Gasteiger charge is 2.47. The number of carbonyl (C=O) groups excluding carboxylic acids is 2. The van der Waals surface area contributed by atoms with E-state index in [0.717, 1.165) is 10.4 Å². The Labute approximate surface area is 211 Å². The first-order valence-corrected chi connectivity index (χ1v) is 12.5. The standard InChI is InChI=1S/C25H29F2N5O3S/c1-5-19-15(17-13-28-21-9-7-11-30-32(17)21)12-20(36-19)18(33)14-29-22-16(8-6-10-25(22,26)27)31-23(34)35-24(2,3)4/h5,7,9,11-13,16,22,29H,1,6,8,10,14H2,2-4H3,(H,31,34)/t16-,22?/m1/s1. The van der Waals surface area contributed by atoms with Crippen LogP contribution in [0.5, 0.6) is 0 Å². The summed E-state index contributed by atoms with van der Waals surface area (Å²) in [6, 6.07) is 3.03. The van der Waals surface area contributed by atoms with Crippen molar-refractivity contribution < 1.29 is 23.1 Å². The average molecular weight is 518 g/mol. The van der Waals surface area contributed by atoms with Crippen molar-refractivity contribution in [1.82, 2.24) is 25.2 Å². The van der Waals surface area contributed by atoms with E-state index in [1.54, 1.807) is 55.9 Å². The van der Waals surface area contributed by atoms with E-state index >= 15 is 0 Å². The molecule has 36 heavy (non-hydrogen) atoms. The monoisotopic (exact) mass is 517 g/mol. The van der Waals surface area contributed by atoms with E-state index in [0.29, 0.717) is 22.6 Å². The van der Waals surface area contributed by atoms with Gasteiger partial charge in [0, 0.05) is 23.1 Å². The number of imidazole rings is 1. The van der Waals surface area contributed by atoms with Crippen molar-refractivity contribution in [2.24, 2.45) is 0 Å². The molecule has 0 bridgehead atoms. The summed E-state index contributed by atoms with van der Waals surface area (Å²) in [6.45, 7) is 8.63. The molecule has 3 aromatic rings. The van der Waals surface area contributed by atoms with Gasteiger partial charge in [0.1, 0.15) is 5.60 Å². The summed E-state index contributed by atoms with van der Waals surface area (Å²) >= 11 is 1.22. The van der Waals surface area contributed by atoms with Gasteiger partial charge in [-0.25, -0.2) is 23.1 Å². The number of alkyl carbamates (subject to hydrolysis) is 1. The van der Waals surface area contributed by atoms with Crippen LogP contribution in [-0.4, -0.2) is 56.6 Å². The molecule has 192 valence electrons. The summed E-state index contributed by atoms with van der Waals surface area (Å²) in [5.41, 5.74) is 1.34. The van der Waals surface area contributed by atoms with Crippen molar-refractivity contribution in [3.8, 4) is 11.3 Å². The molecule has 0 aliphatic heterocycles. The molecule has 4 rings (SSSR count). The van der Waals surface area contributed by atoms with Gasteiger partial charge in [-0.3, -0.25) is 10.1 Å². The Morgan fingerprint density at radius 3 is 2.89 bits per heavy atom. The second-order valence-corrected chi connectivity index (χ2v) is 10.8. The quantitative estimate of drug-likeness (QED) is 0.430. The number of fused-ring (bicyclic) bond motifs is 1. The molecule has 2 N–H and O–H groups in total. The van der Waals surface area contributed by atoms with Crippen LogP contribution in [0.25, 0.3) is 23.0 Å². The Kier molecular flexibility index (Phi) is 7.24. The zero-order valence-electron chi connectivity index (χ0n) is 20.4. The Hall–Kier alpha value is -3.18. The van der Waals surface area contributed by atoms with E-state index < -0.39 is 29.7 Å². The van der Waals surface area contributed by atoms with Crippen molar-refractivity contribution in [3.05, 3.63) is 46.9 Å². The van der Waals surface area contributed by atoms with E-state index in [-0.39, 0.29) is 25.2 Å². The molecule has 0 saturated heterocycles. The van der Waals surface area contributed by atoms with Crippen LogP contribution in [0.2, 0.25) is 0 Å². The summed E-state index contributed by atoms with van der Waals surface area (Å²) in [6.07, 6.45) is 4.47. The Morgan fingerprint density at radius 1 is 1.39 bits per heavy atom. The van der Waals surface area contributed by atoms with Crippen molar-refractivity contribution in [2.45, 2.75) is 63.6 Å². The molecule has 1 saturated carbocycles. The number of Topliss-reactive ketones (excluding diaryl/α,β-unsaturated/α-hetero) is 1. The maximum atomic E-state index is 14.8. The van der Waals surface area contributed by atoms with Gasteiger partial charge < -0.3 is 10.1 Å². The number of thiophene rings is 1. The molecule has 1 aliphatic rings. The van der Waals surface area contributed by atoms with E-state index in [1.165, 1.54) is 11.3 Å². The summed E-state index contributed by atoms with van der Waals surface area (Å²) in [7, 11) is 0. The maximum Gasteiger partial charge on any atom is 0.407 e. The Balaban J connectivity index is 1.50. The minimum absolute atomic E-state index is 0.254. The molecule has 8 nitrogen and oxygen atoms in total. The average Bonchev–Trinajstić information content (AvgIpc) is 3.40. The molecule has 1 fully saturated rings. The van der Waals surface area contributed by atoms with E-state index in [1.807, 2.05) is 6.07 Å². The fraction of sp³-hybridized carbons (Fsp3) is 0.440. The van der Waals surface area contributed by atoms with E-state index in [4.69, 9.17) is 4.74 Å². The lowest BCUT2D eigenvalue weighted by Gasteiger charge is -2.38. The van der Waals surface area contributed by atoms with E-state index in [2.05, 4.69) is 27.3 Å². The number of rotatable bonds is 7. The minimum atomic E-state index is -3.09. The number of nitrogens with zero attached hydrogens (tertiary/aromatic N) is 3. The summed E-state index contributed by atoms with van der Waals surface area (Å²) < 4.78 is 36.5. The van der Waals surface area contributed by atoms with Gasteiger partial charge in [-0.15, -0.1) is 11.3 Å². The number of alkyl halides is 2. The number of hydrogen-bond acceptors (Lipinski definition) is 7. The third kappa shape index (κ3) is 5.62. The highest BCUT2D eigenvalue weighted by molar-refractivity contribution is 7.15. The highest BCUT2D eigenvalue weighted by Crippen LogP contribution is 2.35. The molecular weight excluding hydrogens is 488 g/mol. The molecule has 2 atom stereocenters. The number of hydrogen-bond donors (Lipinski definition) is 2. The largest absolute Gasteiger partial charge is 0.444 e. The highest BCUT2D eigenvalue weighted by atomic mass is 32.1. The van der Waals surface area contributed by atoms with Gasteiger partial charge in [-0.1, -0.05) is 12.7 Å². The first-order valence-electron chi connectivity index (χ1n) is 11.7. The number of carbonyl (C=O) groups is 2. The normalized spacial score (nSPS) is 19.7. The van der Waals surface area contributed by atoms with Crippen LogP contribution in [0, 0.1) is 0 Å². The van der Waals surface area contributed by atoms with Crippen molar-refractivity contribution in [1.29, 1.82) is 0 Å². The number of aromatic nitrogens is 3. The lowest BCUT2D eigenvalue weighted by Crippen LogP contribution is -2.61. The molecule has 0 aromatic carbocycles. The van der Waals surface area contributed by atoms with Crippen LogP contribution < -0.4 is 10.6 Å². The second-order valence-electron chi connectivity index (χ2n) is 9.72. The second kappa shape index (κ2) is 10.1. The lowest BCUT2D eigenvalue weighted by molar-refractivity contribution is -0.0742. The molecule has 1 amide bonds. The number of ether oxygens (including phenoxy) is 1. The first-order chi connectivity index (χ1) is 17.0. The fourth-order valence-electron chi connectivity index (χ4n) is 4.28. The van der Waals surface area contributed by atoms with Crippen LogP contribution in [-0.2, 0) is 4.74 Å². The number of halogens is 2. The summed E-state index contributed by atoms with van der Waals surface area (Å²) in [4.78, 5) is 30.8. The molecule has 3 heterocycles. The van der Waals surface area contributed by atoms with Crippen LogP contribution in [0.4, 0.5) is 13.6 Å². The van der Waals surface area contributed by atoms with E-state index in [9.17, 15) is 18.4 Å². The Morgan fingerprint density at radius 2 is 2.17 bits per heavy atom. The van der Waals surface area contributed by atoms with Crippen molar-refractivity contribution in [2.75, 3.05) is 6.54 Å². The topological polar surface area (TPSA) is 97.6 Å². The molecule has 1 unspecified atom stereocenters. The number of amides is 1. The first kappa shape index (κ1) is 25.9. The third-order valence-electron chi connectivity index (χ3n) is 5.84. The molecule has 3 aromatic heterocycles. The van der Waals surface area contributed by atoms with Gasteiger partial charge in [-0.05, 0) is 51.8 Å². The summed E-state index contributed by atoms with van der Waals surface area (Å²) in [5, 5.41) is 9.59. The van der Waals surface area contributed by atoms with Crippen LogP contribution >= 0.6 is 11.3 Å². The number of nitrogens with one attached hydrogen (secondary N) is 2. The van der Waals surface area contributed by atoms with Gasteiger partial charge in [0.2, 0.25) is 0 Å². The lowest BCUT2D eigenvalue weighted by atomic mass is 9.86. The zero-order valence-corrected chi connectivity index (χ0v) is 21.2. The summed E-state index contributed by atoms with van der Waals surface area (Å²) in [5.74, 6) is -3.43. The maximum absolute atomic E-state index is 14.8. The van der Waals surface area contributed by atoms with Gasteiger partial charge >= 0.3 is 6.09 Å². The predicted octanol–water partition coefficient (Wildman–Crippen LogP) is 4.95. The molecule has 1 aliphatic carbocycles. The van der Waals surface area contributed by atoms with Crippen molar-refractivity contribution >= 4 is 34.9 Å². The zero-order chi connectivity index (χ0) is 26.1. The van der Waals surface area contributed by atoms with Crippen molar-refractivity contribution in [3.63, 3.8) is 0 Å². The molecule has 0 spiro atoms. The van der Waals surface area contributed by atoms with Crippen LogP contribution in [0.3, 0.4) is 0 Å². The molecule has 0 radical (unpaired) electrons. The van der Waals surface area contributed by atoms with Gasteiger partial charge in [0.05, 0.1) is 35.4 Å². The number of ketones is 1. The smallest absolute Gasteiger partial charge is 0.407 e. The third-order valence-corrected chi connectivity index (χ3v) is 7.01. The minimum Gasteiger partial charge on any atom is -0.444 e. The van der Waals surface area contributed by atoms with Gasteiger partial charge in [-0.2, -0.15) is 5.10 Å². The molecular formula is C25H29F2N5O3S. The van der Waals surface area contributed by atoms with Gasteiger partial charge in [0.15, 0.2) is 11.4 Å². The molecule has 11 heteroatoms. The van der Waals surface area contributed by atoms with Crippen LogP contribution in [0.15, 0.2) is 37.2 Å². The SMILES string of the molecule is C=Cc1sc(C(=O)CNC2[C@H](NC(=O)OC(C)(C)C)CCCC2(F)F)cc1-c1cnc2cccnn12. The predicted molar refractivity (Wildman–Crippen MR) is 134 cm³/mol. The van der Waals surface area contributed by atoms with Crippen LogP contribution in [0.1, 0.15) is 54.6 Å².